The number of aryl methyl sites for hydroxylation is 2. The third kappa shape index (κ3) is 5.31. The summed E-state index contributed by atoms with van der Waals surface area (Å²) >= 11 is 0. The lowest BCUT2D eigenvalue weighted by molar-refractivity contribution is -0.164. The van der Waals surface area contributed by atoms with E-state index < -0.39 is 39.7 Å². The highest BCUT2D eigenvalue weighted by Crippen LogP contribution is 2.30. The van der Waals surface area contributed by atoms with Crippen molar-refractivity contribution in [2.75, 3.05) is 23.8 Å². The molecule has 0 saturated heterocycles. The van der Waals surface area contributed by atoms with Crippen molar-refractivity contribution in [2.24, 2.45) is 5.92 Å². The summed E-state index contributed by atoms with van der Waals surface area (Å²) in [6, 6.07) is 3.87. The Hall–Kier alpha value is -2.42. The van der Waals surface area contributed by atoms with Gasteiger partial charge in [0.25, 0.3) is 0 Å². The van der Waals surface area contributed by atoms with Crippen LogP contribution in [0.2, 0.25) is 0 Å². The van der Waals surface area contributed by atoms with Crippen LogP contribution >= 0.6 is 0 Å². The normalized spacial score (nSPS) is 12.4. The van der Waals surface area contributed by atoms with Gasteiger partial charge < -0.3 is 9.47 Å². The Morgan fingerprint density at radius 3 is 1.79 bits per heavy atom. The summed E-state index contributed by atoms with van der Waals surface area (Å²) in [5.41, 5.74) is 1.60. The molecule has 1 unspecified atom stereocenters. The molecule has 28 heavy (non-hydrogen) atoms. The van der Waals surface area contributed by atoms with Crippen molar-refractivity contribution in [1.29, 1.82) is 0 Å². The van der Waals surface area contributed by atoms with E-state index in [1.165, 1.54) is 20.8 Å². The number of sulfonamides is 1. The third-order valence-corrected chi connectivity index (χ3v) is 5.32. The van der Waals surface area contributed by atoms with Crippen LogP contribution in [0, 0.1) is 19.8 Å². The zero-order valence-electron chi connectivity index (χ0n) is 17.0. The quantitative estimate of drug-likeness (QED) is 0.448. The van der Waals surface area contributed by atoms with Crippen molar-refractivity contribution in [3.05, 3.63) is 29.3 Å². The van der Waals surface area contributed by atoms with E-state index in [9.17, 15) is 22.8 Å². The van der Waals surface area contributed by atoms with Gasteiger partial charge in [0, 0.05) is 0 Å². The van der Waals surface area contributed by atoms with E-state index in [1.807, 2.05) is 0 Å². The zero-order chi connectivity index (χ0) is 21.6. The standard InChI is InChI=1S/C19H27NO7S/c1-7-26-18(22)15(19(23)27-8-2)17(21)14(5)20(28(6,24)25)16-12(3)10-9-11-13(16)4/h9-11,14-15H,7-8H2,1-6H3. The molecule has 0 saturated carbocycles. The highest BCUT2D eigenvalue weighted by molar-refractivity contribution is 7.92. The van der Waals surface area contributed by atoms with Gasteiger partial charge in [0.15, 0.2) is 5.78 Å². The first-order chi connectivity index (χ1) is 13.0. The summed E-state index contributed by atoms with van der Waals surface area (Å²) in [6.45, 7) is 7.76. The van der Waals surface area contributed by atoms with Gasteiger partial charge in [0.2, 0.25) is 15.9 Å². The van der Waals surface area contributed by atoms with Gasteiger partial charge >= 0.3 is 11.9 Å². The molecule has 0 heterocycles. The zero-order valence-corrected chi connectivity index (χ0v) is 17.8. The molecule has 1 atom stereocenters. The second kappa shape index (κ2) is 9.68. The summed E-state index contributed by atoms with van der Waals surface area (Å²) in [5.74, 6) is -4.89. The number of ether oxygens (including phenoxy) is 2. The molecular weight excluding hydrogens is 386 g/mol. The van der Waals surface area contributed by atoms with Gasteiger partial charge in [-0.25, -0.2) is 8.42 Å². The number of rotatable bonds is 9. The van der Waals surface area contributed by atoms with E-state index in [-0.39, 0.29) is 13.2 Å². The lowest BCUT2D eigenvalue weighted by Crippen LogP contribution is -2.49. The van der Waals surface area contributed by atoms with Gasteiger partial charge in [-0.3, -0.25) is 18.7 Å². The van der Waals surface area contributed by atoms with E-state index in [4.69, 9.17) is 9.47 Å². The van der Waals surface area contributed by atoms with Crippen LogP contribution in [0.4, 0.5) is 5.69 Å². The predicted molar refractivity (Wildman–Crippen MR) is 104 cm³/mol. The topological polar surface area (TPSA) is 107 Å². The van der Waals surface area contributed by atoms with E-state index in [1.54, 1.807) is 32.0 Å². The lowest BCUT2D eigenvalue weighted by Gasteiger charge is -2.31. The first-order valence-electron chi connectivity index (χ1n) is 8.89. The summed E-state index contributed by atoms with van der Waals surface area (Å²) < 4.78 is 35.7. The number of carbonyl (C=O) groups excluding carboxylic acids is 3. The van der Waals surface area contributed by atoms with Gasteiger partial charge in [0.1, 0.15) is 6.04 Å². The molecule has 1 aromatic rings. The van der Waals surface area contributed by atoms with E-state index in [2.05, 4.69) is 0 Å². The molecule has 0 amide bonds. The minimum Gasteiger partial charge on any atom is -0.465 e. The Kier molecular flexibility index (Phi) is 8.16. The third-order valence-electron chi connectivity index (χ3n) is 4.11. The van der Waals surface area contributed by atoms with Crippen molar-refractivity contribution in [3.8, 4) is 0 Å². The summed E-state index contributed by atoms with van der Waals surface area (Å²) in [7, 11) is -3.91. The van der Waals surface area contributed by atoms with Gasteiger partial charge in [-0.2, -0.15) is 0 Å². The minimum absolute atomic E-state index is 0.0386. The number of Topliss-reactive ketones (excluding diaryl/α,β-unsaturated/α-hetero) is 1. The highest BCUT2D eigenvalue weighted by Gasteiger charge is 2.43. The SMILES string of the molecule is CCOC(=O)C(C(=O)OCC)C(=O)C(C)N(c1c(C)cccc1C)S(C)(=O)=O. The molecule has 0 bridgehead atoms. The smallest absolute Gasteiger partial charge is 0.328 e. The van der Waals surface area contributed by atoms with Crippen molar-refractivity contribution in [3.63, 3.8) is 0 Å². The van der Waals surface area contributed by atoms with Crippen LogP contribution < -0.4 is 4.31 Å². The summed E-state index contributed by atoms with van der Waals surface area (Å²) in [5, 5.41) is 0. The number of anilines is 1. The maximum Gasteiger partial charge on any atom is 0.328 e. The fourth-order valence-corrected chi connectivity index (χ4v) is 4.23. The Labute approximate surface area is 165 Å². The largest absolute Gasteiger partial charge is 0.465 e. The molecular formula is C19H27NO7S. The van der Waals surface area contributed by atoms with Gasteiger partial charge in [-0.15, -0.1) is 0 Å². The number of carbonyl (C=O) groups is 3. The summed E-state index contributed by atoms with van der Waals surface area (Å²) in [6.07, 6.45) is 0.965. The monoisotopic (exact) mass is 413 g/mol. The maximum absolute atomic E-state index is 13.1. The molecule has 156 valence electrons. The summed E-state index contributed by atoms with van der Waals surface area (Å²) in [4.78, 5) is 37.5. The molecule has 0 spiro atoms. The average Bonchev–Trinajstić information content (AvgIpc) is 2.57. The van der Waals surface area contributed by atoms with Gasteiger partial charge in [-0.05, 0) is 45.7 Å². The number of nitrogens with zero attached hydrogens (tertiary/aromatic N) is 1. The predicted octanol–water partition coefficient (Wildman–Crippen LogP) is 1.77. The van der Waals surface area contributed by atoms with Crippen LogP contribution in [0.5, 0.6) is 0 Å². The molecule has 0 radical (unpaired) electrons. The highest BCUT2D eigenvalue weighted by atomic mass is 32.2. The van der Waals surface area contributed by atoms with Crippen LogP contribution in [-0.2, 0) is 33.9 Å². The molecule has 0 aliphatic rings. The molecule has 1 rings (SSSR count). The van der Waals surface area contributed by atoms with Crippen LogP contribution in [0.3, 0.4) is 0 Å². The molecule has 0 aliphatic heterocycles. The fourth-order valence-electron chi connectivity index (χ4n) is 2.94. The molecule has 0 fully saturated rings. The van der Waals surface area contributed by atoms with Crippen molar-refractivity contribution in [1.82, 2.24) is 0 Å². The van der Waals surface area contributed by atoms with Crippen molar-refractivity contribution < 1.29 is 32.3 Å². The average molecular weight is 413 g/mol. The van der Waals surface area contributed by atoms with Crippen LogP contribution in [0.15, 0.2) is 18.2 Å². The number of hydrogen-bond acceptors (Lipinski definition) is 7. The Morgan fingerprint density at radius 2 is 1.43 bits per heavy atom. The number of esters is 2. The van der Waals surface area contributed by atoms with E-state index in [0.717, 1.165) is 10.6 Å². The number of benzene rings is 1. The minimum atomic E-state index is -3.91. The van der Waals surface area contributed by atoms with Crippen LogP contribution in [-0.4, -0.2) is 51.7 Å². The first-order valence-corrected chi connectivity index (χ1v) is 10.7. The van der Waals surface area contributed by atoms with Crippen molar-refractivity contribution >= 4 is 33.4 Å². The van der Waals surface area contributed by atoms with Crippen LogP contribution in [0.1, 0.15) is 31.9 Å². The Morgan fingerprint density at radius 1 is 1.00 bits per heavy atom. The molecule has 0 aromatic heterocycles. The van der Waals surface area contributed by atoms with Crippen molar-refractivity contribution in [2.45, 2.75) is 40.7 Å². The van der Waals surface area contributed by atoms with E-state index >= 15 is 0 Å². The number of ketones is 1. The lowest BCUT2D eigenvalue weighted by atomic mass is 9.98. The van der Waals surface area contributed by atoms with Crippen LogP contribution in [0.25, 0.3) is 0 Å². The molecule has 1 aromatic carbocycles. The molecule has 9 heteroatoms. The Balaban J connectivity index is 3.48. The van der Waals surface area contributed by atoms with Gasteiger partial charge in [0.05, 0.1) is 25.2 Å². The molecule has 0 N–H and O–H groups in total. The molecule has 8 nitrogen and oxygen atoms in total. The first kappa shape index (κ1) is 23.6. The second-order valence-corrected chi connectivity index (χ2v) is 8.17. The van der Waals surface area contributed by atoms with E-state index in [0.29, 0.717) is 16.8 Å². The maximum atomic E-state index is 13.1. The number of hydrogen-bond donors (Lipinski definition) is 0. The number of para-hydroxylation sites is 1. The van der Waals surface area contributed by atoms with Gasteiger partial charge in [-0.1, -0.05) is 18.2 Å². The fraction of sp³-hybridized carbons (Fsp3) is 0.526. The Bertz CT molecular complexity index is 810. The second-order valence-electron chi connectivity index (χ2n) is 6.31. The molecule has 0 aliphatic carbocycles.